The van der Waals surface area contributed by atoms with Crippen molar-refractivity contribution < 1.29 is 9.64 Å². The number of benzene rings is 1. The highest BCUT2D eigenvalue weighted by Crippen LogP contribution is 2.13. The lowest BCUT2D eigenvalue weighted by Crippen LogP contribution is -3.14. The van der Waals surface area contributed by atoms with Gasteiger partial charge in [-0.3, -0.25) is 9.78 Å². The quantitative estimate of drug-likeness (QED) is 0.774. The van der Waals surface area contributed by atoms with Gasteiger partial charge in [-0.15, -0.1) is 0 Å². The summed E-state index contributed by atoms with van der Waals surface area (Å²) in [6.45, 7) is 6.97. The maximum Gasteiger partial charge on any atom is 0.334 e. The molecule has 24 heavy (non-hydrogen) atoms. The van der Waals surface area contributed by atoms with Crippen molar-refractivity contribution in [3.8, 4) is 11.4 Å². The van der Waals surface area contributed by atoms with E-state index in [0.717, 1.165) is 37.3 Å². The second kappa shape index (κ2) is 6.92. The molecule has 0 radical (unpaired) electrons. The monoisotopic (exact) mass is 331 g/mol. The maximum atomic E-state index is 12.5. The van der Waals surface area contributed by atoms with Crippen LogP contribution in [0.15, 0.2) is 39.9 Å². The van der Waals surface area contributed by atoms with E-state index in [1.165, 1.54) is 6.07 Å². The Morgan fingerprint density at radius 1 is 1.17 bits per heavy atom. The number of hydrogen-bond donors (Lipinski definition) is 2. The Morgan fingerprint density at radius 2 is 1.83 bits per heavy atom. The Hall–Kier alpha value is -2.54. The molecule has 0 spiro atoms. The van der Waals surface area contributed by atoms with Crippen molar-refractivity contribution in [3.05, 3.63) is 51.2 Å². The lowest BCUT2D eigenvalue weighted by molar-refractivity contribution is -0.898. The molecule has 0 aliphatic carbocycles. The summed E-state index contributed by atoms with van der Waals surface area (Å²) in [5, 5.41) is 0. The lowest BCUT2D eigenvalue weighted by Gasteiger charge is -2.32. The molecule has 1 aromatic carbocycles. The normalized spacial score (nSPS) is 15.5. The summed E-state index contributed by atoms with van der Waals surface area (Å²) in [5.74, 6) is 1.28. The summed E-state index contributed by atoms with van der Waals surface area (Å²) < 4.78 is 6.24. The number of quaternary nitrogens is 1. The Morgan fingerprint density at radius 3 is 2.38 bits per heavy atom. The zero-order valence-electron chi connectivity index (χ0n) is 14.0. The van der Waals surface area contributed by atoms with Crippen LogP contribution in [-0.2, 0) is 0 Å². The van der Waals surface area contributed by atoms with Crippen LogP contribution in [0.25, 0.3) is 5.69 Å². The smallest absolute Gasteiger partial charge is 0.334 e. The number of H-pyrrole nitrogens is 1. The van der Waals surface area contributed by atoms with E-state index in [4.69, 9.17) is 4.74 Å². The predicted molar refractivity (Wildman–Crippen MR) is 92.7 cm³/mol. The average molecular weight is 331 g/mol. The first-order chi connectivity index (χ1) is 11.6. The van der Waals surface area contributed by atoms with Gasteiger partial charge in [-0.2, -0.15) is 0 Å². The lowest BCUT2D eigenvalue weighted by atomic mass is 10.3. The highest BCUT2D eigenvalue weighted by molar-refractivity contribution is 5.41. The van der Waals surface area contributed by atoms with E-state index in [-0.39, 0.29) is 5.56 Å². The number of nitrogens with zero attached hydrogens (tertiary/aromatic N) is 2. The Kier molecular flexibility index (Phi) is 4.71. The van der Waals surface area contributed by atoms with Gasteiger partial charge in [-0.1, -0.05) is 0 Å². The van der Waals surface area contributed by atoms with E-state index in [1.54, 1.807) is 36.3 Å². The van der Waals surface area contributed by atoms with Gasteiger partial charge < -0.3 is 14.5 Å². The molecule has 3 rings (SSSR count). The molecule has 128 valence electrons. The first-order valence-corrected chi connectivity index (χ1v) is 8.21. The fourth-order valence-corrected chi connectivity index (χ4v) is 3.05. The summed E-state index contributed by atoms with van der Waals surface area (Å²) in [6.07, 6.45) is 0. The van der Waals surface area contributed by atoms with Crippen LogP contribution < -0.4 is 25.8 Å². The highest BCUT2D eigenvalue weighted by Gasteiger charge is 2.20. The predicted octanol–water partition coefficient (Wildman–Crippen LogP) is -0.741. The van der Waals surface area contributed by atoms with Gasteiger partial charge >= 0.3 is 5.69 Å². The second-order valence-corrected chi connectivity index (χ2v) is 5.92. The number of hydrogen-bond acceptors (Lipinski definition) is 4. The van der Waals surface area contributed by atoms with Crippen molar-refractivity contribution in [2.45, 2.75) is 6.92 Å². The van der Waals surface area contributed by atoms with Gasteiger partial charge in [0.05, 0.1) is 45.5 Å². The molecule has 0 amide bonds. The molecule has 2 heterocycles. The first-order valence-electron chi connectivity index (χ1n) is 8.21. The third kappa shape index (κ3) is 3.21. The van der Waals surface area contributed by atoms with Gasteiger partial charge in [0.1, 0.15) is 11.6 Å². The fourth-order valence-electron chi connectivity index (χ4n) is 3.05. The Labute approximate surface area is 140 Å². The molecule has 7 nitrogen and oxygen atoms in total. The number of anilines is 1. The minimum Gasteiger partial charge on any atom is -0.497 e. The molecule has 0 bridgehead atoms. The Bertz CT molecular complexity index is 771. The topological polar surface area (TPSA) is 71.8 Å². The third-order valence-corrected chi connectivity index (χ3v) is 4.56. The SMILES string of the molecule is CC[NH+]1CCN(c2cc(=O)n(-c3ccc(OC)cc3)c(=O)[nH]2)CC1. The summed E-state index contributed by atoms with van der Waals surface area (Å²) in [7, 11) is 1.57. The summed E-state index contributed by atoms with van der Waals surface area (Å²) >= 11 is 0. The molecular formula is C17H23N4O3+. The van der Waals surface area contributed by atoms with Gasteiger partial charge in [0, 0.05) is 6.07 Å². The van der Waals surface area contributed by atoms with Gasteiger partial charge in [0.25, 0.3) is 5.56 Å². The molecule has 1 aliphatic rings. The van der Waals surface area contributed by atoms with Crippen LogP contribution in [0.3, 0.4) is 0 Å². The van der Waals surface area contributed by atoms with Crippen LogP contribution in [0.5, 0.6) is 5.75 Å². The standard InChI is InChI=1S/C17H22N4O3/c1-3-19-8-10-20(11-9-19)15-12-16(22)21(17(23)18-15)13-4-6-14(24-2)7-5-13/h4-7,12H,3,8-11H2,1-2H3,(H,18,23)/p+1. The number of rotatable bonds is 4. The van der Waals surface area contributed by atoms with E-state index < -0.39 is 5.69 Å². The van der Waals surface area contributed by atoms with Crippen molar-refractivity contribution in [2.75, 3.05) is 44.7 Å². The molecule has 1 aromatic heterocycles. The van der Waals surface area contributed by atoms with Crippen molar-refractivity contribution in [2.24, 2.45) is 0 Å². The van der Waals surface area contributed by atoms with Crippen LogP contribution in [0.4, 0.5) is 5.82 Å². The van der Waals surface area contributed by atoms with Crippen LogP contribution in [0.1, 0.15) is 6.92 Å². The second-order valence-electron chi connectivity index (χ2n) is 5.92. The zero-order chi connectivity index (χ0) is 17.1. The number of ether oxygens (including phenoxy) is 1. The number of aromatic nitrogens is 2. The van der Waals surface area contributed by atoms with Crippen LogP contribution in [-0.4, -0.2) is 49.4 Å². The largest absolute Gasteiger partial charge is 0.497 e. The first kappa shape index (κ1) is 16.3. The van der Waals surface area contributed by atoms with Crippen LogP contribution in [0, 0.1) is 0 Å². The number of likely N-dealkylation sites (N-methyl/N-ethyl adjacent to an activating group) is 1. The summed E-state index contributed by atoms with van der Waals surface area (Å²) in [6, 6.07) is 8.34. The van der Waals surface area contributed by atoms with Crippen LogP contribution >= 0.6 is 0 Å². The molecule has 1 fully saturated rings. The van der Waals surface area contributed by atoms with Gasteiger partial charge in [-0.05, 0) is 31.2 Å². The van der Waals surface area contributed by atoms with Gasteiger partial charge in [0.2, 0.25) is 0 Å². The van der Waals surface area contributed by atoms with Gasteiger partial charge in [0.15, 0.2) is 0 Å². The van der Waals surface area contributed by atoms with Crippen molar-refractivity contribution >= 4 is 5.82 Å². The number of nitrogens with one attached hydrogen (secondary N) is 2. The fraction of sp³-hybridized carbons (Fsp3) is 0.412. The molecule has 0 atom stereocenters. The number of piperazine rings is 1. The zero-order valence-corrected chi connectivity index (χ0v) is 14.0. The van der Waals surface area contributed by atoms with Gasteiger partial charge in [-0.25, -0.2) is 9.36 Å². The number of methoxy groups -OCH3 is 1. The third-order valence-electron chi connectivity index (χ3n) is 4.56. The number of aromatic amines is 1. The minimum absolute atomic E-state index is 0.329. The Balaban J connectivity index is 1.89. The van der Waals surface area contributed by atoms with Crippen molar-refractivity contribution in [1.29, 1.82) is 0 Å². The van der Waals surface area contributed by atoms with E-state index in [9.17, 15) is 9.59 Å². The highest BCUT2D eigenvalue weighted by atomic mass is 16.5. The molecule has 0 saturated carbocycles. The molecule has 2 N–H and O–H groups in total. The average Bonchev–Trinajstić information content (AvgIpc) is 2.61. The molecule has 1 aliphatic heterocycles. The maximum absolute atomic E-state index is 12.5. The molecule has 7 heteroatoms. The van der Waals surface area contributed by atoms with E-state index in [2.05, 4.69) is 16.8 Å². The minimum atomic E-state index is -0.423. The summed E-state index contributed by atoms with van der Waals surface area (Å²) in [4.78, 5) is 31.3. The van der Waals surface area contributed by atoms with Crippen molar-refractivity contribution in [3.63, 3.8) is 0 Å². The molecule has 2 aromatic rings. The summed E-state index contributed by atoms with van der Waals surface area (Å²) in [5.41, 5.74) is -0.231. The van der Waals surface area contributed by atoms with Crippen molar-refractivity contribution in [1.82, 2.24) is 9.55 Å². The molecule has 1 saturated heterocycles. The molecular weight excluding hydrogens is 308 g/mol. The van der Waals surface area contributed by atoms with Crippen LogP contribution in [0.2, 0.25) is 0 Å². The van der Waals surface area contributed by atoms with E-state index in [1.807, 2.05) is 0 Å². The van der Waals surface area contributed by atoms with E-state index >= 15 is 0 Å². The molecule has 0 unspecified atom stereocenters. The van der Waals surface area contributed by atoms with E-state index in [0.29, 0.717) is 17.3 Å².